The fourth-order valence-corrected chi connectivity index (χ4v) is 1.69. The molecular formula is C16H27NO3. The molecule has 4 nitrogen and oxygen atoms in total. The van der Waals surface area contributed by atoms with Crippen LogP contribution in [-0.2, 0) is 6.54 Å². The predicted octanol–water partition coefficient (Wildman–Crippen LogP) is 2.73. The molecule has 0 aromatic heterocycles. The SMILES string of the molecule is CCCNCc1ccc(OC)c(OCC(C)(O)CC)c1. The van der Waals surface area contributed by atoms with Gasteiger partial charge in [-0.1, -0.05) is 19.9 Å². The van der Waals surface area contributed by atoms with E-state index in [0.717, 1.165) is 25.1 Å². The van der Waals surface area contributed by atoms with E-state index < -0.39 is 5.60 Å². The Kier molecular flexibility index (Phi) is 6.82. The topological polar surface area (TPSA) is 50.7 Å². The lowest BCUT2D eigenvalue weighted by Gasteiger charge is -2.22. The van der Waals surface area contributed by atoms with Crippen LogP contribution in [0.5, 0.6) is 11.5 Å². The van der Waals surface area contributed by atoms with Crippen LogP contribution in [0.2, 0.25) is 0 Å². The van der Waals surface area contributed by atoms with Crippen molar-refractivity contribution in [2.24, 2.45) is 0 Å². The zero-order valence-electron chi connectivity index (χ0n) is 13.0. The van der Waals surface area contributed by atoms with E-state index in [4.69, 9.17) is 9.47 Å². The average Bonchev–Trinajstić information content (AvgIpc) is 2.45. The lowest BCUT2D eigenvalue weighted by molar-refractivity contribution is 0.00773. The molecule has 0 saturated carbocycles. The number of hydrogen-bond donors (Lipinski definition) is 2. The minimum atomic E-state index is -0.818. The fraction of sp³-hybridized carbons (Fsp3) is 0.625. The molecule has 1 aromatic rings. The van der Waals surface area contributed by atoms with Gasteiger partial charge >= 0.3 is 0 Å². The molecule has 0 fully saturated rings. The number of ether oxygens (including phenoxy) is 2. The van der Waals surface area contributed by atoms with Gasteiger partial charge in [0.25, 0.3) is 0 Å². The van der Waals surface area contributed by atoms with Crippen molar-refractivity contribution in [3.05, 3.63) is 23.8 Å². The fourth-order valence-electron chi connectivity index (χ4n) is 1.69. The first kappa shape index (κ1) is 16.8. The van der Waals surface area contributed by atoms with Crippen molar-refractivity contribution in [3.8, 4) is 11.5 Å². The van der Waals surface area contributed by atoms with Gasteiger partial charge in [-0.2, -0.15) is 0 Å². The number of rotatable bonds is 9. The largest absolute Gasteiger partial charge is 0.493 e. The molecule has 2 N–H and O–H groups in total. The highest BCUT2D eigenvalue weighted by atomic mass is 16.5. The van der Waals surface area contributed by atoms with E-state index in [0.29, 0.717) is 17.9 Å². The van der Waals surface area contributed by atoms with Crippen molar-refractivity contribution >= 4 is 0 Å². The van der Waals surface area contributed by atoms with Gasteiger partial charge in [0.15, 0.2) is 11.5 Å². The Morgan fingerprint density at radius 2 is 2.00 bits per heavy atom. The highest BCUT2D eigenvalue weighted by molar-refractivity contribution is 5.43. The molecule has 0 radical (unpaired) electrons. The van der Waals surface area contributed by atoms with Crippen LogP contribution < -0.4 is 14.8 Å². The summed E-state index contributed by atoms with van der Waals surface area (Å²) in [6, 6.07) is 5.89. The number of methoxy groups -OCH3 is 1. The summed E-state index contributed by atoms with van der Waals surface area (Å²) in [5.41, 5.74) is 0.326. The van der Waals surface area contributed by atoms with Crippen LogP contribution in [0.4, 0.5) is 0 Å². The molecule has 0 saturated heterocycles. The summed E-state index contributed by atoms with van der Waals surface area (Å²) >= 11 is 0. The van der Waals surface area contributed by atoms with Gasteiger partial charge in [-0.25, -0.2) is 0 Å². The Bertz CT molecular complexity index is 405. The van der Waals surface area contributed by atoms with E-state index in [2.05, 4.69) is 12.2 Å². The van der Waals surface area contributed by atoms with Gasteiger partial charge in [-0.05, 0) is 44.0 Å². The van der Waals surface area contributed by atoms with Crippen molar-refractivity contribution in [2.75, 3.05) is 20.3 Å². The Morgan fingerprint density at radius 1 is 1.25 bits per heavy atom. The molecule has 0 aliphatic carbocycles. The molecule has 0 aliphatic heterocycles. The summed E-state index contributed by atoms with van der Waals surface area (Å²) in [4.78, 5) is 0. The molecule has 20 heavy (non-hydrogen) atoms. The second-order valence-electron chi connectivity index (χ2n) is 5.30. The third-order valence-electron chi connectivity index (χ3n) is 3.28. The second kappa shape index (κ2) is 8.12. The van der Waals surface area contributed by atoms with Crippen LogP contribution in [0.15, 0.2) is 18.2 Å². The molecule has 1 aromatic carbocycles. The minimum Gasteiger partial charge on any atom is -0.493 e. The number of hydrogen-bond acceptors (Lipinski definition) is 4. The summed E-state index contributed by atoms with van der Waals surface area (Å²) in [6.45, 7) is 7.90. The summed E-state index contributed by atoms with van der Waals surface area (Å²) < 4.78 is 11.0. The molecule has 0 spiro atoms. The molecule has 0 amide bonds. The minimum absolute atomic E-state index is 0.256. The number of aliphatic hydroxyl groups is 1. The highest BCUT2D eigenvalue weighted by Crippen LogP contribution is 2.29. The van der Waals surface area contributed by atoms with E-state index in [1.807, 2.05) is 25.1 Å². The summed E-state index contributed by atoms with van der Waals surface area (Å²) in [5.74, 6) is 1.37. The molecule has 0 bridgehead atoms. The van der Waals surface area contributed by atoms with Gasteiger partial charge in [0.2, 0.25) is 0 Å². The van der Waals surface area contributed by atoms with Gasteiger partial charge in [0.05, 0.1) is 12.7 Å². The second-order valence-corrected chi connectivity index (χ2v) is 5.30. The van der Waals surface area contributed by atoms with Gasteiger partial charge in [0.1, 0.15) is 6.61 Å². The van der Waals surface area contributed by atoms with Crippen LogP contribution >= 0.6 is 0 Å². The molecule has 1 unspecified atom stereocenters. The Hall–Kier alpha value is -1.26. The Morgan fingerprint density at radius 3 is 2.60 bits per heavy atom. The van der Waals surface area contributed by atoms with Crippen molar-refractivity contribution in [2.45, 2.75) is 45.8 Å². The molecule has 1 atom stereocenters. The van der Waals surface area contributed by atoms with E-state index >= 15 is 0 Å². The van der Waals surface area contributed by atoms with Crippen LogP contribution in [0.25, 0.3) is 0 Å². The number of nitrogens with one attached hydrogen (secondary N) is 1. The van der Waals surface area contributed by atoms with Crippen molar-refractivity contribution in [1.82, 2.24) is 5.32 Å². The standard InChI is InChI=1S/C16H27NO3/c1-5-9-17-11-13-7-8-14(19-4)15(10-13)20-12-16(3,18)6-2/h7-8,10,17-18H,5-6,9,11-12H2,1-4H3. The molecule has 114 valence electrons. The molecule has 1 rings (SSSR count). The first-order valence-corrected chi connectivity index (χ1v) is 7.25. The predicted molar refractivity (Wildman–Crippen MR) is 81.4 cm³/mol. The third-order valence-corrected chi connectivity index (χ3v) is 3.28. The first-order valence-electron chi connectivity index (χ1n) is 7.25. The molecule has 0 aliphatic rings. The van der Waals surface area contributed by atoms with Crippen LogP contribution in [0, 0.1) is 0 Å². The van der Waals surface area contributed by atoms with E-state index in [1.54, 1.807) is 14.0 Å². The van der Waals surface area contributed by atoms with E-state index in [1.165, 1.54) is 0 Å². The first-order chi connectivity index (χ1) is 9.52. The average molecular weight is 281 g/mol. The van der Waals surface area contributed by atoms with Gasteiger partial charge in [0, 0.05) is 6.54 Å². The molecule has 0 heterocycles. The zero-order chi connectivity index (χ0) is 15.0. The summed E-state index contributed by atoms with van der Waals surface area (Å²) in [7, 11) is 1.62. The quantitative estimate of drug-likeness (QED) is 0.683. The zero-order valence-corrected chi connectivity index (χ0v) is 13.0. The normalized spacial score (nSPS) is 13.8. The summed E-state index contributed by atoms with van der Waals surface area (Å²) in [6.07, 6.45) is 1.76. The Labute approximate surface area is 122 Å². The lowest BCUT2D eigenvalue weighted by Crippen LogP contribution is -2.31. The van der Waals surface area contributed by atoms with Gasteiger partial charge in [-0.3, -0.25) is 0 Å². The summed E-state index contributed by atoms with van der Waals surface area (Å²) in [5, 5.41) is 13.4. The lowest BCUT2D eigenvalue weighted by atomic mass is 10.1. The maximum atomic E-state index is 10.0. The monoisotopic (exact) mass is 281 g/mol. The third kappa shape index (κ3) is 5.39. The van der Waals surface area contributed by atoms with Gasteiger partial charge < -0.3 is 19.9 Å². The maximum Gasteiger partial charge on any atom is 0.161 e. The maximum absolute atomic E-state index is 10.0. The Balaban J connectivity index is 2.73. The van der Waals surface area contributed by atoms with Crippen molar-refractivity contribution in [1.29, 1.82) is 0 Å². The van der Waals surface area contributed by atoms with Crippen LogP contribution in [-0.4, -0.2) is 31.0 Å². The molecule has 4 heteroatoms. The number of benzene rings is 1. The highest BCUT2D eigenvalue weighted by Gasteiger charge is 2.19. The van der Waals surface area contributed by atoms with Crippen molar-refractivity contribution < 1.29 is 14.6 Å². The van der Waals surface area contributed by atoms with E-state index in [9.17, 15) is 5.11 Å². The van der Waals surface area contributed by atoms with E-state index in [-0.39, 0.29) is 6.61 Å². The van der Waals surface area contributed by atoms with Crippen molar-refractivity contribution in [3.63, 3.8) is 0 Å². The van der Waals surface area contributed by atoms with Crippen LogP contribution in [0.1, 0.15) is 39.2 Å². The van der Waals surface area contributed by atoms with Crippen LogP contribution in [0.3, 0.4) is 0 Å². The smallest absolute Gasteiger partial charge is 0.161 e. The van der Waals surface area contributed by atoms with Gasteiger partial charge in [-0.15, -0.1) is 0 Å². The molecular weight excluding hydrogens is 254 g/mol.